The predicted octanol–water partition coefficient (Wildman–Crippen LogP) is 4.23. The molecule has 0 atom stereocenters. The van der Waals surface area contributed by atoms with Gasteiger partial charge in [0.05, 0.1) is 28.6 Å². The Balaban J connectivity index is 1.66. The number of carbonyl (C=O) groups excluding carboxylic acids is 1. The van der Waals surface area contributed by atoms with E-state index in [4.69, 9.17) is 5.26 Å². The Labute approximate surface area is 160 Å². The summed E-state index contributed by atoms with van der Waals surface area (Å²) in [6.45, 7) is 9.08. The van der Waals surface area contributed by atoms with Gasteiger partial charge in [0.2, 0.25) is 0 Å². The molecule has 3 rings (SSSR count). The number of nitrogens with one attached hydrogen (secondary N) is 1. The van der Waals surface area contributed by atoms with Gasteiger partial charge in [-0.3, -0.25) is 9.78 Å². The van der Waals surface area contributed by atoms with E-state index in [0.717, 1.165) is 43.0 Å². The summed E-state index contributed by atoms with van der Waals surface area (Å²) in [6.07, 6.45) is 3.50. The Bertz CT molecular complexity index is 888. The fourth-order valence-corrected chi connectivity index (χ4v) is 3.43. The van der Waals surface area contributed by atoms with Crippen LogP contribution in [0.4, 0.5) is 5.69 Å². The van der Waals surface area contributed by atoms with Crippen molar-refractivity contribution in [2.75, 3.05) is 18.4 Å². The summed E-state index contributed by atoms with van der Waals surface area (Å²) in [5, 5.41) is 12.1. The summed E-state index contributed by atoms with van der Waals surface area (Å²) in [5.74, 6) is 0.448. The molecule has 27 heavy (non-hydrogen) atoms. The van der Waals surface area contributed by atoms with Gasteiger partial charge in [-0.1, -0.05) is 18.7 Å². The number of nitriles is 1. The maximum absolute atomic E-state index is 12.9. The van der Waals surface area contributed by atoms with E-state index < -0.39 is 0 Å². The molecular formula is C22H24N4O. The van der Waals surface area contributed by atoms with Crippen LogP contribution in [-0.2, 0) is 0 Å². The van der Waals surface area contributed by atoms with Gasteiger partial charge in [0, 0.05) is 25.0 Å². The number of amides is 1. The van der Waals surface area contributed by atoms with Gasteiger partial charge in [0.25, 0.3) is 5.91 Å². The summed E-state index contributed by atoms with van der Waals surface area (Å²) in [6, 6.07) is 11.8. The molecule has 1 aliphatic rings. The molecule has 0 bridgehead atoms. The topological polar surface area (TPSA) is 69.0 Å². The van der Waals surface area contributed by atoms with Crippen LogP contribution < -0.4 is 5.32 Å². The summed E-state index contributed by atoms with van der Waals surface area (Å²) in [4.78, 5) is 19.1. The quantitative estimate of drug-likeness (QED) is 0.886. The average Bonchev–Trinajstić information content (AvgIpc) is 2.69. The molecule has 0 spiro atoms. The molecule has 0 unspecified atom stereocenters. The van der Waals surface area contributed by atoms with Gasteiger partial charge >= 0.3 is 0 Å². The second kappa shape index (κ2) is 8.05. The number of rotatable bonds is 4. The van der Waals surface area contributed by atoms with Crippen LogP contribution in [0, 0.1) is 18.3 Å². The first-order valence-electron chi connectivity index (χ1n) is 9.16. The zero-order chi connectivity index (χ0) is 19.4. The molecule has 138 valence electrons. The number of nitrogens with zero attached hydrogens (tertiary/aromatic N) is 3. The van der Waals surface area contributed by atoms with Gasteiger partial charge in [-0.15, -0.1) is 0 Å². The first-order chi connectivity index (χ1) is 13.0. The van der Waals surface area contributed by atoms with Crippen molar-refractivity contribution in [1.82, 2.24) is 9.88 Å². The predicted molar refractivity (Wildman–Crippen MR) is 106 cm³/mol. The number of pyridine rings is 1. The third-order valence-corrected chi connectivity index (χ3v) is 4.98. The standard InChI is InChI=1S/C22H24N4O/c1-15(2)25-21-12-20(14-24-16(21)3)22(27)26-10-8-19(9-11-26)18-6-4-17(13-23)5-7-18/h4-7,12,14,19,25H,1,8-11H2,2-3H3. The third kappa shape index (κ3) is 4.35. The molecule has 1 aromatic heterocycles. The largest absolute Gasteiger partial charge is 0.358 e. The van der Waals surface area contributed by atoms with Crippen molar-refractivity contribution in [3.05, 3.63) is 71.2 Å². The minimum atomic E-state index is 0.0190. The lowest BCUT2D eigenvalue weighted by Gasteiger charge is -2.32. The summed E-state index contributed by atoms with van der Waals surface area (Å²) < 4.78 is 0. The fourth-order valence-electron chi connectivity index (χ4n) is 3.43. The molecule has 1 fully saturated rings. The zero-order valence-corrected chi connectivity index (χ0v) is 15.8. The van der Waals surface area contributed by atoms with Gasteiger partial charge in [0.1, 0.15) is 0 Å². The van der Waals surface area contributed by atoms with Gasteiger partial charge in [-0.05, 0) is 56.4 Å². The number of benzene rings is 1. The van der Waals surface area contributed by atoms with Crippen molar-refractivity contribution in [2.45, 2.75) is 32.6 Å². The Hall–Kier alpha value is -3.13. The van der Waals surface area contributed by atoms with E-state index >= 15 is 0 Å². The van der Waals surface area contributed by atoms with E-state index in [0.29, 0.717) is 17.0 Å². The van der Waals surface area contributed by atoms with Gasteiger partial charge < -0.3 is 10.2 Å². The van der Waals surface area contributed by atoms with Gasteiger partial charge in [-0.2, -0.15) is 5.26 Å². The molecule has 2 heterocycles. The van der Waals surface area contributed by atoms with Crippen molar-refractivity contribution >= 4 is 11.6 Å². The van der Waals surface area contributed by atoms with Crippen LogP contribution in [0.15, 0.2) is 48.8 Å². The van der Waals surface area contributed by atoms with Gasteiger partial charge in [-0.25, -0.2) is 0 Å². The molecule has 1 aliphatic heterocycles. The van der Waals surface area contributed by atoms with Crippen molar-refractivity contribution in [3.63, 3.8) is 0 Å². The van der Waals surface area contributed by atoms with Crippen LogP contribution in [0.3, 0.4) is 0 Å². The Morgan fingerprint density at radius 1 is 1.30 bits per heavy atom. The SMILES string of the molecule is C=C(C)Nc1cc(C(=O)N2CCC(c3ccc(C#N)cc3)CC2)cnc1C. The highest BCUT2D eigenvalue weighted by atomic mass is 16.2. The average molecular weight is 360 g/mol. The Morgan fingerprint density at radius 3 is 2.56 bits per heavy atom. The van der Waals surface area contributed by atoms with E-state index in [9.17, 15) is 4.79 Å². The van der Waals surface area contributed by atoms with E-state index in [1.807, 2.05) is 49.1 Å². The molecule has 5 nitrogen and oxygen atoms in total. The van der Waals surface area contributed by atoms with E-state index in [1.165, 1.54) is 5.56 Å². The van der Waals surface area contributed by atoms with Crippen LogP contribution in [0.5, 0.6) is 0 Å². The van der Waals surface area contributed by atoms with Crippen LogP contribution in [-0.4, -0.2) is 28.9 Å². The smallest absolute Gasteiger partial charge is 0.255 e. The van der Waals surface area contributed by atoms with E-state index in [2.05, 4.69) is 22.9 Å². The number of aromatic nitrogens is 1. The second-order valence-electron chi connectivity index (χ2n) is 7.06. The van der Waals surface area contributed by atoms with Crippen LogP contribution in [0.1, 0.15) is 52.9 Å². The second-order valence-corrected chi connectivity index (χ2v) is 7.06. The zero-order valence-electron chi connectivity index (χ0n) is 15.8. The normalized spacial score (nSPS) is 14.5. The van der Waals surface area contributed by atoms with E-state index in [1.54, 1.807) is 6.20 Å². The van der Waals surface area contributed by atoms with Crippen LogP contribution in [0.2, 0.25) is 0 Å². The highest BCUT2D eigenvalue weighted by Crippen LogP contribution is 2.29. The molecule has 2 aromatic rings. The lowest BCUT2D eigenvalue weighted by molar-refractivity contribution is 0.0712. The Morgan fingerprint density at radius 2 is 1.96 bits per heavy atom. The number of anilines is 1. The highest BCUT2D eigenvalue weighted by Gasteiger charge is 2.25. The number of hydrogen-bond acceptors (Lipinski definition) is 4. The van der Waals surface area contributed by atoms with Crippen LogP contribution >= 0.6 is 0 Å². The molecule has 1 N–H and O–H groups in total. The molecule has 1 amide bonds. The minimum absolute atomic E-state index is 0.0190. The highest BCUT2D eigenvalue weighted by molar-refractivity contribution is 5.95. The molecule has 5 heteroatoms. The minimum Gasteiger partial charge on any atom is -0.358 e. The van der Waals surface area contributed by atoms with Crippen molar-refractivity contribution in [2.24, 2.45) is 0 Å². The van der Waals surface area contributed by atoms with Crippen molar-refractivity contribution in [3.8, 4) is 6.07 Å². The molecule has 1 aromatic carbocycles. The van der Waals surface area contributed by atoms with Crippen molar-refractivity contribution < 1.29 is 4.79 Å². The molecule has 0 saturated carbocycles. The maximum atomic E-state index is 12.9. The summed E-state index contributed by atoms with van der Waals surface area (Å²) in [5.41, 5.74) is 4.99. The lowest BCUT2D eigenvalue weighted by Crippen LogP contribution is -2.38. The molecule has 1 saturated heterocycles. The Kier molecular flexibility index (Phi) is 5.56. The number of aryl methyl sites for hydroxylation is 1. The fraction of sp³-hybridized carbons (Fsp3) is 0.318. The number of piperidine rings is 1. The molecule has 0 aliphatic carbocycles. The number of carbonyl (C=O) groups is 1. The number of hydrogen-bond donors (Lipinski definition) is 1. The number of allylic oxidation sites excluding steroid dienone is 1. The first-order valence-corrected chi connectivity index (χ1v) is 9.16. The molecule has 0 radical (unpaired) electrons. The van der Waals surface area contributed by atoms with Crippen LogP contribution in [0.25, 0.3) is 0 Å². The third-order valence-electron chi connectivity index (χ3n) is 4.98. The summed E-state index contributed by atoms with van der Waals surface area (Å²) >= 11 is 0. The maximum Gasteiger partial charge on any atom is 0.255 e. The summed E-state index contributed by atoms with van der Waals surface area (Å²) in [7, 11) is 0. The van der Waals surface area contributed by atoms with Crippen molar-refractivity contribution in [1.29, 1.82) is 5.26 Å². The molecular weight excluding hydrogens is 336 g/mol. The monoisotopic (exact) mass is 360 g/mol. The number of likely N-dealkylation sites (tertiary alicyclic amines) is 1. The lowest BCUT2D eigenvalue weighted by atomic mass is 9.89. The van der Waals surface area contributed by atoms with Gasteiger partial charge in [0.15, 0.2) is 0 Å². The van der Waals surface area contributed by atoms with E-state index in [-0.39, 0.29) is 5.91 Å². The first kappa shape index (κ1) is 18.7.